The van der Waals surface area contributed by atoms with E-state index in [1.165, 1.54) is 30.4 Å². The Bertz CT molecular complexity index is 1160. The highest BCUT2D eigenvalue weighted by atomic mass is 32.1. The number of Topliss-reactive ketones (excluding diaryl/α,β-unsaturated/α-hetero) is 1. The number of ketones is 1. The van der Waals surface area contributed by atoms with Gasteiger partial charge in [-0.25, -0.2) is 19.3 Å². The fraction of sp³-hybridized carbons (Fsp3) is 0.417. The van der Waals surface area contributed by atoms with Crippen LogP contribution in [0, 0.1) is 18.2 Å². The van der Waals surface area contributed by atoms with Crippen LogP contribution in [0.3, 0.4) is 0 Å². The van der Waals surface area contributed by atoms with Gasteiger partial charge in [0.2, 0.25) is 5.95 Å². The summed E-state index contributed by atoms with van der Waals surface area (Å²) in [6.07, 6.45) is 8.77. The molecule has 0 aromatic carbocycles. The molecule has 3 heterocycles. The molecule has 0 aliphatic heterocycles. The lowest BCUT2D eigenvalue weighted by molar-refractivity contribution is 0.0984. The molecular formula is C24H25FN4OS. The van der Waals surface area contributed by atoms with E-state index in [2.05, 4.69) is 27.2 Å². The van der Waals surface area contributed by atoms with Crippen LogP contribution in [0.4, 0.5) is 16.2 Å². The normalized spacial score (nSPS) is 17.9. The van der Waals surface area contributed by atoms with Gasteiger partial charge in [0, 0.05) is 22.1 Å². The summed E-state index contributed by atoms with van der Waals surface area (Å²) < 4.78 is 14.7. The molecule has 0 unspecified atom stereocenters. The number of hydrogen-bond acceptors (Lipinski definition) is 6. The van der Waals surface area contributed by atoms with Crippen molar-refractivity contribution in [2.75, 3.05) is 5.32 Å². The number of anilines is 2. The number of thiophene rings is 1. The number of nitrogens with one attached hydrogen (secondary N) is 1. The molecule has 1 N–H and O–H groups in total. The molecule has 0 radical (unpaired) electrons. The van der Waals surface area contributed by atoms with E-state index in [4.69, 9.17) is 0 Å². The lowest BCUT2D eigenvalue weighted by Crippen LogP contribution is -2.42. The fourth-order valence-electron chi connectivity index (χ4n) is 4.90. The van der Waals surface area contributed by atoms with E-state index in [-0.39, 0.29) is 22.8 Å². The number of nitrogens with zero attached hydrogens (tertiary/aromatic N) is 3. The Hall–Kier alpha value is -2.67. The number of carbonyl (C=O) groups excluding carboxylic acids is 1. The molecule has 2 aliphatic rings. The van der Waals surface area contributed by atoms with Crippen molar-refractivity contribution < 1.29 is 9.18 Å². The van der Waals surface area contributed by atoms with E-state index in [0.717, 1.165) is 29.7 Å². The topological polar surface area (TPSA) is 67.8 Å². The van der Waals surface area contributed by atoms with Gasteiger partial charge in [-0.1, -0.05) is 13.0 Å². The van der Waals surface area contributed by atoms with Gasteiger partial charge in [-0.15, -0.1) is 11.3 Å². The van der Waals surface area contributed by atoms with Gasteiger partial charge in [0.25, 0.3) is 0 Å². The molecule has 31 heavy (non-hydrogen) atoms. The lowest BCUT2D eigenvalue weighted by atomic mass is 9.57. The van der Waals surface area contributed by atoms with Crippen LogP contribution in [0.1, 0.15) is 66.8 Å². The molecule has 0 bridgehead atoms. The minimum atomic E-state index is -0.497. The molecule has 2 aliphatic carbocycles. The van der Waals surface area contributed by atoms with Crippen LogP contribution in [0.15, 0.2) is 30.6 Å². The number of aromatic nitrogens is 3. The van der Waals surface area contributed by atoms with E-state index in [0.29, 0.717) is 21.7 Å². The first-order valence-electron chi connectivity index (χ1n) is 10.7. The SMILES string of the molecule is CCC1(c2sc(-c3nc(Nc4ccc(C)cn4)ncc3F)cc2C(C)=O)CC2(CC2)C1. The summed E-state index contributed by atoms with van der Waals surface area (Å²) in [5.41, 5.74) is 2.52. The highest BCUT2D eigenvalue weighted by Gasteiger charge is 2.61. The molecule has 5 rings (SSSR count). The molecule has 2 fully saturated rings. The minimum absolute atomic E-state index is 0.0266. The average Bonchev–Trinajstić information content (AvgIpc) is 3.39. The van der Waals surface area contributed by atoms with Crippen molar-refractivity contribution in [1.29, 1.82) is 0 Å². The first kappa shape index (κ1) is 20.2. The molecule has 7 heteroatoms. The average molecular weight is 437 g/mol. The zero-order valence-electron chi connectivity index (χ0n) is 18.0. The van der Waals surface area contributed by atoms with Crippen molar-refractivity contribution in [3.8, 4) is 10.6 Å². The monoisotopic (exact) mass is 436 g/mol. The van der Waals surface area contributed by atoms with Gasteiger partial charge in [-0.2, -0.15) is 0 Å². The Morgan fingerprint density at radius 2 is 2.00 bits per heavy atom. The summed E-state index contributed by atoms with van der Waals surface area (Å²) in [5.74, 6) is 0.397. The highest BCUT2D eigenvalue weighted by Crippen LogP contribution is 2.71. The lowest BCUT2D eigenvalue weighted by Gasteiger charge is -2.48. The number of rotatable bonds is 6. The fourth-order valence-corrected chi connectivity index (χ4v) is 6.36. The standard InChI is InChI=1S/C24H25FN4OS/c1-4-24(12-23(13-24)7-8-23)21-16(15(3)30)9-18(31-21)20-17(25)11-27-22(29-20)28-19-6-5-14(2)10-26-19/h5-6,9-11H,4,7-8,12-13H2,1-3H3,(H,26,27,28,29). The van der Waals surface area contributed by atoms with Gasteiger partial charge in [0.1, 0.15) is 11.5 Å². The number of pyridine rings is 1. The number of hydrogen-bond donors (Lipinski definition) is 1. The van der Waals surface area contributed by atoms with Gasteiger partial charge in [0.05, 0.1) is 11.1 Å². The Morgan fingerprint density at radius 1 is 1.23 bits per heavy atom. The molecule has 3 aromatic heterocycles. The zero-order valence-corrected chi connectivity index (χ0v) is 18.8. The Balaban J connectivity index is 1.51. The van der Waals surface area contributed by atoms with Crippen LogP contribution in [-0.2, 0) is 5.41 Å². The van der Waals surface area contributed by atoms with Gasteiger partial charge < -0.3 is 5.32 Å². The largest absolute Gasteiger partial charge is 0.309 e. The Morgan fingerprint density at radius 3 is 2.61 bits per heavy atom. The van der Waals surface area contributed by atoms with Crippen molar-refractivity contribution in [2.24, 2.45) is 5.41 Å². The van der Waals surface area contributed by atoms with E-state index in [1.807, 2.05) is 25.1 Å². The maximum atomic E-state index is 14.7. The first-order valence-corrected chi connectivity index (χ1v) is 11.5. The number of halogens is 1. The Kier molecular flexibility index (Phi) is 4.70. The molecule has 5 nitrogen and oxygen atoms in total. The molecule has 0 amide bonds. The van der Waals surface area contributed by atoms with E-state index in [1.54, 1.807) is 13.1 Å². The predicted octanol–water partition coefficient (Wildman–Crippen LogP) is 6.22. The van der Waals surface area contributed by atoms with Gasteiger partial charge in [0.15, 0.2) is 11.6 Å². The predicted molar refractivity (Wildman–Crippen MR) is 120 cm³/mol. The van der Waals surface area contributed by atoms with Crippen molar-refractivity contribution in [1.82, 2.24) is 15.0 Å². The summed E-state index contributed by atoms with van der Waals surface area (Å²) in [5, 5.41) is 3.03. The van der Waals surface area contributed by atoms with Crippen molar-refractivity contribution in [3.05, 3.63) is 52.4 Å². The Labute approximate surface area is 185 Å². The highest BCUT2D eigenvalue weighted by molar-refractivity contribution is 7.16. The van der Waals surface area contributed by atoms with Crippen molar-refractivity contribution in [3.63, 3.8) is 0 Å². The summed E-state index contributed by atoms with van der Waals surface area (Å²) in [7, 11) is 0. The third-order valence-corrected chi connectivity index (χ3v) is 8.17. The van der Waals surface area contributed by atoms with Crippen molar-refractivity contribution >= 4 is 28.9 Å². The number of carbonyl (C=O) groups is 1. The maximum Gasteiger partial charge on any atom is 0.229 e. The van der Waals surface area contributed by atoms with E-state index < -0.39 is 5.82 Å². The van der Waals surface area contributed by atoms with Crippen LogP contribution in [0.25, 0.3) is 10.6 Å². The van der Waals surface area contributed by atoms with Crippen LogP contribution >= 0.6 is 11.3 Å². The summed E-state index contributed by atoms with van der Waals surface area (Å²) in [6.45, 7) is 5.75. The molecule has 2 saturated carbocycles. The van der Waals surface area contributed by atoms with Crippen LogP contribution < -0.4 is 5.32 Å². The summed E-state index contributed by atoms with van der Waals surface area (Å²) >= 11 is 1.51. The van der Waals surface area contributed by atoms with Gasteiger partial charge in [-0.3, -0.25) is 4.79 Å². The third kappa shape index (κ3) is 3.55. The second-order valence-corrected chi connectivity index (χ2v) is 10.2. The molecule has 1 spiro atoms. The number of aryl methyl sites for hydroxylation is 1. The third-order valence-electron chi connectivity index (χ3n) is 6.78. The molecule has 0 atom stereocenters. The van der Waals surface area contributed by atoms with E-state index in [9.17, 15) is 9.18 Å². The molecule has 0 saturated heterocycles. The molecule has 3 aromatic rings. The van der Waals surface area contributed by atoms with Crippen LogP contribution in [0.2, 0.25) is 0 Å². The van der Waals surface area contributed by atoms with Crippen molar-refractivity contribution in [2.45, 2.75) is 58.3 Å². The first-order chi connectivity index (χ1) is 14.8. The second-order valence-electron chi connectivity index (χ2n) is 9.13. The van der Waals surface area contributed by atoms with Crippen LogP contribution in [0.5, 0.6) is 0 Å². The summed E-state index contributed by atoms with van der Waals surface area (Å²) in [6, 6.07) is 5.57. The molecule has 160 valence electrons. The van der Waals surface area contributed by atoms with Gasteiger partial charge >= 0.3 is 0 Å². The van der Waals surface area contributed by atoms with Gasteiger partial charge in [-0.05, 0) is 69.1 Å². The molecular weight excluding hydrogens is 411 g/mol. The summed E-state index contributed by atoms with van der Waals surface area (Å²) in [4.78, 5) is 27.0. The second kappa shape index (κ2) is 7.19. The maximum absolute atomic E-state index is 14.7. The zero-order chi connectivity index (χ0) is 21.8. The quantitative estimate of drug-likeness (QED) is 0.465. The smallest absolute Gasteiger partial charge is 0.229 e. The minimum Gasteiger partial charge on any atom is -0.309 e. The van der Waals surface area contributed by atoms with Crippen LogP contribution in [-0.4, -0.2) is 20.7 Å². The van der Waals surface area contributed by atoms with E-state index >= 15 is 0 Å².